The second kappa shape index (κ2) is 8.70. The first-order valence-electron chi connectivity index (χ1n) is 7.00. The Balaban J connectivity index is 2.95. The van der Waals surface area contributed by atoms with Crippen molar-refractivity contribution in [3.05, 3.63) is 21.6 Å². The number of anilines is 1. The van der Waals surface area contributed by atoms with Crippen LogP contribution >= 0.6 is 27.5 Å². The van der Waals surface area contributed by atoms with Crippen molar-refractivity contribution in [1.82, 2.24) is 0 Å². The zero-order valence-electron chi connectivity index (χ0n) is 11.9. The molecular formula is C15H23BrClNO. The van der Waals surface area contributed by atoms with Crippen LogP contribution in [0.25, 0.3) is 0 Å². The molecule has 0 aliphatic heterocycles. The van der Waals surface area contributed by atoms with Gasteiger partial charge in [-0.05, 0) is 47.8 Å². The quantitative estimate of drug-likeness (QED) is 0.633. The summed E-state index contributed by atoms with van der Waals surface area (Å²) in [7, 11) is 0. The van der Waals surface area contributed by atoms with E-state index in [1.54, 1.807) is 0 Å². The number of rotatable bonds is 8. The molecule has 19 heavy (non-hydrogen) atoms. The molecule has 4 heteroatoms. The van der Waals surface area contributed by atoms with Crippen molar-refractivity contribution in [2.75, 3.05) is 11.9 Å². The maximum Gasteiger partial charge on any atom is 0.156 e. The Morgan fingerprint density at radius 1 is 1.21 bits per heavy atom. The van der Waals surface area contributed by atoms with Crippen molar-refractivity contribution in [1.29, 1.82) is 0 Å². The van der Waals surface area contributed by atoms with E-state index in [4.69, 9.17) is 16.3 Å². The Bertz CT molecular complexity index is 392. The molecule has 0 heterocycles. The van der Waals surface area contributed by atoms with Gasteiger partial charge in [-0.2, -0.15) is 0 Å². The molecule has 0 unspecified atom stereocenters. The fraction of sp³-hybridized carbons (Fsp3) is 0.600. The minimum Gasteiger partial charge on any atom is -0.491 e. The van der Waals surface area contributed by atoms with E-state index in [-0.39, 0.29) is 0 Å². The predicted molar refractivity (Wildman–Crippen MR) is 87.5 cm³/mol. The number of halogens is 2. The van der Waals surface area contributed by atoms with Gasteiger partial charge < -0.3 is 10.1 Å². The number of benzene rings is 1. The van der Waals surface area contributed by atoms with Crippen LogP contribution in [0.5, 0.6) is 5.75 Å². The molecule has 1 N–H and O–H groups in total. The molecule has 0 saturated heterocycles. The van der Waals surface area contributed by atoms with E-state index in [2.05, 4.69) is 35.1 Å². The topological polar surface area (TPSA) is 21.3 Å². The molecule has 0 atom stereocenters. The molecule has 0 aliphatic carbocycles. The van der Waals surface area contributed by atoms with E-state index in [1.807, 2.05) is 19.1 Å². The molecule has 0 radical (unpaired) electrons. The standard InChI is InChI=1S/C15H23BrClNO/c1-4-7-12(8-5-2)18-14-10-11(17)9-13(16)15(14)19-6-3/h9-10,12,18H,4-8H2,1-3H3. The number of hydrogen-bond donors (Lipinski definition) is 1. The molecule has 0 spiro atoms. The lowest BCUT2D eigenvalue weighted by Gasteiger charge is -2.21. The SMILES string of the molecule is CCCC(CCC)Nc1cc(Cl)cc(Br)c1OCC. The summed E-state index contributed by atoms with van der Waals surface area (Å²) in [4.78, 5) is 0. The summed E-state index contributed by atoms with van der Waals surface area (Å²) in [5, 5.41) is 4.29. The van der Waals surface area contributed by atoms with Gasteiger partial charge in [-0.1, -0.05) is 38.3 Å². The molecule has 2 nitrogen and oxygen atoms in total. The Kier molecular flexibility index (Phi) is 7.62. The smallest absolute Gasteiger partial charge is 0.156 e. The van der Waals surface area contributed by atoms with Crippen molar-refractivity contribution in [2.24, 2.45) is 0 Å². The summed E-state index contributed by atoms with van der Waals surface area (Å²) in [6.07, 6.45) is 4.65. The first-order valence-corrected chi connectivity index (χ1v) is 8.17. The molecule has 0 aliphatic rings. The van der Waals surface area contributed by atoms with Gasteiger partial charge in [0.25, 0.3) is 0 Å². The minimum absolute atomic E-state index is 0.472. The maximum atomic E-state index is 6.13. The van der Waals surface area contributed by atoms with Crippen molar-refractivity contribution in [2.45, 2.75) is 52.5 Å². The molecule has 0 aromatic heterocycles. The monoisotopic (exact) mass is 347 g/mol. The molecule has 0 fully saturated rings. The van der Waals surface area contributed by atoms with E-state index in [9.17, 15) is 0 Å². The van der Waals surface area contributed by atoms with Crippen LogP contribution in [0.1, 0.15) is 46.5 Å². The molecule has 0 amide bonds. The van der Waals surface area contributed by atoms with Gasteiger partial charge in [0.1, 0.15) is 0 Å². The second-order valence-corrected chi connectivity index (χ2v) is 5.91. The van der Waals surface area contributed by atoms with Crippen molar-refractivity contribution in [3.8, 4) is 5.75 Å². The van der Waals surface area contributed by atoms with Crippen LogP contribution in [0.15, 0.2) is 16.6 Å². The van der Waals surface area contributed by atoms with Crippen LogP contribution in [0.4, 0.5) is 5.69 Å². The predicted octanol–water partition coefficient (Wildman–Crippen LogP) is 5.88. The molecular weight excluding hydrogens is 326 g/mol. The van der Waals surface area contributed by atoms with Gasteiger partial charge >= 0.3 is 0 Å². The fourth-order valence-electron chi connectivity index (χ4n) is 2.16. The van der Waals surface area contributed by atoms with Crippen molar-refractivity contribution < 1.29 is 4.74 Å². The summed E-state index contributed by atoms with van der Waals surface area (Å²) < 4.78 is 6.61. The summed E-state index contributed by atoms with van der Waals surface area (Å²) in [5.74, 6) is 0.851. The maximum absolute atomic E-state index is 6.13. The minimum atomic E-state index is 0.472. The lowest BCUT2D eigenvalue weighted by Crippen LogP contribution is -2.19. The van der Waals surface area contributed by atoms with E-state index in [1.165, 1.54) is 12.8 Å². The van der Waals surface area contributed by atoms with E-state index >= 15 is 0 Å². The zero-order chi connectivity index (χ0) is 14.3. The Morgan fingerprint density at radius 3 is 2.37 bits per heavy atom. The summed E-state index contributed by atoms with van der Waals surface area (Å²) in [6, 6.07) is 4.28. The lowest BCUT2D eigenvalue weighted by atomic mass is 10.1. The lowest BCUT2D eigenvalue weighted by molar-refractivity contribution is 0.339. The highest BCUT2D eigenvalue weighted by Gasteiger charge is 2.14. The average molecular weight is 349 g/mol. The number of ether oxygens (including phenoxy) is 1. The van der Waals surface area contributed by atoms with Gasteiger partial charge in [-0.3, -0.25) is 0 Å². The Morgan fingerprint density at radius 2 is 1.84 bits per heavy atom. The second-order valence-electron chi connectivity index (χ2n) is 4.62. The van der Waals surface area contributed by atoms with Crippen LogP contribution in [0.3, 0.4) is 0 Å². The van der Waals surface area contributed by atoms with Crippen molar-refractivity contribution >= 4 is 33.2 Å². The number of hydrogen-bond acceptors (Lipinski definition) is 2. The van der Waals surface area contributed by atoms with Crippen LogP contribution in [0, 0.1) is 0 Å². The molecule has 108 valence electrons. The summed E-state index contributed by atoms with van der Waals surface area (Å²) >= 11 is 9.65. The molecule has 1 aromatic rings. The third kappa shape index (κ3) is 5.23. The molecule has 0 bridgehead atoms. The fourth-order valence-corrected chi connectivity index (χ4v) is 3.09. The van der Waals surface area contributed by atoms with E-state index < -0.39 is 0 Å². The third-order valence-electron chi connectivity index (χ3n) is 2.93. The molecule has 1 rings (SSSR count). The summed E-state index contributed by atoms with van der Waals surface area (Å²) in [5.41, 5.74) is 0.980. The number of nitrogens with one attached hydrogen (secondary N) is 1. The van der Waals surface area contributed by atoms with Crippen LogP contribution in [-0.2, 0) is 0 Å². The van der Waals surface area contributed by atoms with Crippen LogP contribution < -0.4 is 10.1 Å². The first kappa shape index (κ1) is 16.6. The summed E-state index contributed by atoms with van der Waals surface area (Å²) in [6.45, 7) is 7.05. The van der Waals surface area contributed by atoms with Crippen LogP contribution in [-0.4, -0.2) is 12.6 Å². The van der Waals surface area contributed by atoms with E-state index in [0.29, 0.717) is 17.7 Å². The Labute approximate surface area is 130 Å². The highest BCUT2D eigenvalue weighted by atomic mass is 79.9. The zero-order valence-corrected chi connectivity index (χ0v) is 14.3. The van der Waals surface area contributed by atoms with Gasteiger partial charge in [-0.15, -0.1) is 0 Å². The van der Waals surface area contributed by atoms with Crippen molar-refractivity contribution in [3.63, 3.8) is 0 Å². The van der Waals surface area contributed by atoms with Gasteiger partial charge in [0.05, 0.1) is 16.8 Å². The largest absolute Gasteiger partial charge is 0.491 e. The highest BCUT2D eigenvalue weighted by molar-refractivity contribution is 9.10. The normalized spacial score (nSPS) is 10.8. The van der Waals surface area contributed by atoms with Gasteiger partial charge in [0.2, 0.25) is 0 Å². The van der Waals surface area contributed by atoms with Gasteiger partial charge in [0, 0.05) is 11.1 Å². The first-order chi connectivity index (χ1) is 9.12. The van der Waals surface area contributed by atoms with Gasteiger partial charge in [0.15, 0.2) is 5.75 Å². The molecule has 1 aromatic carbocycles. The van der Waals surface area contributed by atoms with Gasteiger partial charge in [-0.25, -0.2) is 0 Å². The van der Waals surface area contributed by atoms with E-state index in [0.717, 1.165) is 28.8 Å². The average Bonchev–Trinajstić information content (AvgIpc) is 2.34. The van der Waals surface area contributed by atoms with Crippen LogP contribution in [0.2, 0.25) is 5.02 Å². The Hall–Kier alpha value is -0.410. The highest BCUT2D eigenvalue weighted by Crippen LogP contribution is 2.37. The third-order valence-corrected chi connectivity index (χ3v) is 3.74. The molecule has 0 saturated carbocycles.